The summed E-state index contributed by atoms with van der Waals surface area (Å²) in [7, 11) is 0. The number of rotatable bonds is 3. The third kappa shape index (κ3) is 2.96. The summed E-state index contributed by atoms with van der Waals surface area (Å²) in [4.78, 5) is 25.5. The SMILES string of the molecule is CCn1c(O)c(C2=c3cc(F)ccc3=NC2=O)sc1=Nc1cccnc1Cl. The molecule has 0 radical (unpaired) electrons. The van der Waals surface area contributed by atoms with Crippen LogP contribution in [0.3, 0.4) is 0 Å². The topological polar surface area (TPSA) is 79.8 Å². The third-order valence-corrected chi connectivity index (χ3v) is 5.42. The number of nitrogens with zero attached hydrogens (tertiary/aromatic N) is 4. The smallest absolute Gasteiger partial charge is 0.279 e. The predicted octanol–water partition coefficient (Wildman–Crippen LogP) is 2.05. The van der Waals surface area contributed by atoms with Gasteiger partial charge in [-0.2, -0.15) is 0 Å². The van der Waals surface area contributed by atoms with E-state index >= 15 is 0 Å². The van der Waals surface area contributed by atoms with Gasteiger partial charge in [0.25, 0.3) is 5.91 Å². The van der Waals surface area contributed by atoms with E-state index in [1.807, 2.05) is 6.92 Å². The van der Waals surface area contributed by atoms with Crippen LogP contribution in [0.5, 0.6) is 5.88 Å². The summed E-state index contributed by atoms with van der Waals surface area (Å²) in [6, 6.07) is 7.31. The average molecular weight is 403 g/mol. The van der Waals surface area contributed by atoms with Gasteiger partial charge in [-0.3, -0.25) is 9.36 Å². The number of thiazole rings is 1. The van der Waals surface area contributed by atoms with Gasteiger partial charge < -0.3 is 5.11 Å². The second-order valence-corrected chi connectivity index (χ2v) is 7.00. The number of fused-ring (bicyclic) bond motifs is 1. The molecule has 27 heavy (non-hydrogen) atoms. The van der Waals surface area contributed by atoms with E-state index in [2.05, 4.69) is 15.0 Å². The fourth-order valence-electron chi connectivity index (χ4n) is 2.81. The number of halogens is 2. The van der Waals surface area contributed by atoms with Crippen LogP contribution in [0.15, 0.2) is 46.5 Å². The molecule has 4 rings (SSSR count). The highest BCUT2D eigenvalue weighted by atomic mass is 35.5. The fourth-order valence-corrected chi connectivity index (χ4v) is 4.12. The van der Waals surface area contributed by atoms with Crippen molar-refractivity contribution < 1.29 is 14.3 Å². The summed E-state index contributed by atoms with van der Waals surface area (Å²) in [6.07, 6.45) is 1.55. The minimum absolute atomic E-state index is 0.128. The molecule has 0 saturated heterocycles. The summed E-state index contributed by atoms with van der Waals surface area (Å²) in [5.41, 5.74) is 0.598. The number of amides is 1. The van der Waals surface area contributed by atoms with E-state index < -0.39 is 11.7 Å². The molecule has 136 valence electrons. The van der Waals surface area contributed by atoms with Gasteiger partial charge in [-0.15, -0.1) is 0 Å². The van der Waals surface area contributed by atoms with Crippen LogP contribution < -0.4 is 15.4 Å². The molecule has 3 aromatic rings. The molecule has 0 atom stereocenters. The molecule has 0 fully saturated rings. The molecule has 9 heteroatoms. The predicted molar refractivity (Wildman–Crippen MR) is 98.8 cm³/mol. The Kier molecular flexibility index (Phi) is 4.37. The summed E-state index contributed by atoms with van der Waals surface area (Å²) >= 11 is 7.17. The molecule has 0 spiro atoms. The Labute approximate surface area is 161 Å². The lowest BCUT2D eigenvalue weighted by atomic mass is 10.1. The Morgan fingerprint density at radius 1 is 1.37 bits per heavy atom. The number of hydrogen-bond acceptors (Lipinski definition) is 5. The van der Waals surface area contributed by atoms with Crippen molar-refractivity contribution in [1.29, 1.82) is 0 Å². The van der Waals surface area contributed by atoms with Crippen molar-refractivity contribution in [3.8, 4) is 5.88 Å². The zero-order chi connectivity index (χ0) is 19.1. The Balaban J connectivity index is 2.01. The number of hydrogen-bond donors (Lipinski definition) is 1. The van der Waals surface area contributed by atoms with Crippen LogP contribution in [-0.4, -0.2) is 20.6 Å². The average Bonchev–Trinajstić information content (AvgIpc) is 3.12. The first-order chi connectivity index (χ1) is 13.0. The van der Waals surface area contributed by atoms with Gasteiger partial charge >= 0.3 is 0 Å². The van der Waals surface area contributed by atoms with E-state index in [-0.39, 0.29) is 21.5 Å². The van der Waals surface area contributed by atoms with Crippen molar-refractivity contribution in [3.05, 3.63) is 67.8 Å². The lowest BCUT2D eigenvalue weighted by Gasteiger charge is -2.02. The number of carbonyl (C=O) groups excluding carboxylic acids is 1. The van der Waals surface area contributed by atoms with Gasteiger partial charge in [-0.1, -0.05) is 22.9 Å². The quantitative estimate of drug-likeness (QED) is 0.681. The van der Waals surface area contributed by atoms with Crippen LogP contribution in [0, 0.1) is 5.82 Å². The molecule has 0 aliphatic carbocycles. The molecule has 1 N–H and O–H groups in total. The Morgan fingerprint density at radius 3 is 2.93 bits per heavy atom. The zero-order valence-electron chi connectivity index (χ0n) is 14.0. The maximum absolute atomic E-state index is 13.7. The van der Waals surface area contributed by atoms with Gasteiger partial charge in [-0.25, -0.2) is 19.4 Å². The van der Waals surface area contributed by atoms with Crippen molar-refractivity contribution in [3.63, 3.8) is 0 Å². The zero-order valence-corrected chi connectivity index (χ0v) is 15.6. The summed E-state index contributed by atoms with van der Waals surface area (Å²) in [5.74, 6) is -1.14. The van der Waals surface area contributed by atoms with E-state index in [1.165, 1.54) is 18.2 Å². The maximum Gasteiger partial charge on any atom is 0.279 e. The first kappa shape index (κ1) is 17.6. The largest absolute Gasteiger partial charge is 0.493 e. The van der Waals surface area contributed by atoms with E-state index in [0.717, 1.165) is 11.3 Å². The minimum atomic E-state index is -0.527. The molecule has 2 aromatic heterocycles. The monoisotopic (exact) mass is 402 g/mol. The highest BCUT2D eigenvalue weighted by Gasteiger charge is 2.25. The van der Waals surface area contributed by atoms with Gasteiger partial charge in [-0.05, 0) is 37.3 Å². The standard InChI is InChI=1S/C18H12ClFN4O2S/c1-2-24-17(26)14(27-18(24)23-12-4-3-7-21-15(12)19)13-10-8-9(20)5-6-11(10)22-16(13)25/h3-8,26H,2H2,1H3. The van der Waals surface area contributed by atoms with Crippen molar-refractivity contribution in [2.45, 2.75) is 13.5 Å². The third-order valence-electron chi connectivity index (χ3n) is 4.05. The van der Waals surface area contributed by atoms with E-state index in [1.54, 1.807) is 22.9 Å². The van der Waals surface area contributed by atoms with Gasteiger partial charge in [0.15, 0.2) is 9.95 Å². The molecule has 0 unspecified atom stereocenters. The van der Waals surface area contributed by atoms with Crippen LogP contribution in [0.1, 0.15) is 11.8 Å². The summed E-state index contributed by atoms with van der Waals surface area (Å²) in [5, 5.41) is 11.6. The molecule has 0 saturated carbocycles. The van der Waals surface area contributed by atoms with Crippen LogP contribution >= 0.6 is 22.9 Å². The number of aromatic nitrogens is 2. The molecular weight excluding hydrogens is 391 g/mol. The maximum atomic E-state index is 13.7. The number of carbonyl (C=O) groups is 1. The second-order valence-electron chi connectivity index (χ2n) is 5.66. The van der Waals surface area contributed by atoms with Crippen LogP contribution in [0.2, 0.25) is 5.15 Å². The van der Waals surface area contributed by atoms with Gasteiger partial charge in [0.05, 0.1) is 10.9 Å². The first-order valence-corrected chi connectivity index (χ1v) is 9.20. The molecule has 1 aliphatic rings. The minimum Gasteiger partial charge on any atom is -0.493 e. The Bertz CT molecular complexity index is 1280. The lowest BCUT2D eigenvalue weighted by Crippen LogP contribution is -2.23. The van der Waals surface area contributed by atoms with Crippen molar-refractivity contribution in [2.75, 3.05) is 0 Å². The molecule has 3 heterocycles. The normalized spacial score (nSPS) is 13.8. The van der Waals surface area contributed by atoms with Crippen LogP contribution in [-0.2, 0) is 11.3 Å². The number of benzene rings is 1. The van der Waals surface area contributed by atoms with Gasteiger partial charge in [0, 0.05) is 18.0 Å². The van der Waals surface area contributed by atoms with Crippen molar-refractivity contribution >= 4 is 40.1 Å². The Morgan fingerprint density at radius 2 is 2.19 bits per heavy atom. The summed E-state index contributed by atoms with van der Waals surface area (Å²) in [6.45, 7) is 2.24. The van der Waals surface area contributed by atoms with Crippen molar-refractivity contribution in [1.82, 2.24) is 9.55 Å². The van der Waals surface area contributed by atoms with E-state index in [4.69, 9.17) is 11.6 Å². The van der Waals surface area contributed by atoms with Crippen LogP contribution in [0.4, 0.5) is 10.1 Å². The van der Waals surface area contributed by atoms with Crippen molar-refractivity contribution in [2.24, 2.45) is 9.98 Å². The van der Waals surface area contributed by atoms with E-state index in [9.17, 15) is 14.3 Å². The summed E-state index contributed by atoms with van der Waals surface area (Å²) < 4.78 is 15.2. The highest BCUT2D eigenvalue weighted by molar-refractivity contribution is 7.11. The molecular formula is C18H12ClFN4O2S. The fraction of sp³-hybridized carbons (Fsp3) is 0.111. The second kappa shape index (κ2) is 6.71. The highest BCUT2D eigenvalue weighted by Crippen LogP contribution is 2.29. The molecule has 1 amide bonds. The number of pyridine rings is 1. The van der Waals surface area contributed by atoms with E-state index in [0.29, 0.717) is 27.6 Å². The van der Waals surface area contributed by atoms with Gasteiger partial charge in [0.2, 0.25) is 5.88 Å². The van der Waals surface area contributed by atoms with Crippen LogP contribution in [0.25, 0.3) is 5.57 Å². The number of aromatic hydroxyl groups is 1. The molecule has 1 aromatic carbocycles. The molecule has 1 aliphatic heterocycles. The Hall–Kier alpha value is -2.84. The van der Waals surface area contributed by atoms with Gasteiger partial charge in [0.1, 0.15) is 16.4 Å². The molecule has 0 bridgehead atoms. The first-order valence-electron chi connectivity index (χ1n) is 8.00. The lowest BCUT2D eigenvalue weighted by molar-refractivity contribution is -0.112. The molecule has 6 nitrogen and oxygen atoms in total.